The summed E-state index contributed by atoms with van der Waals surface area (Å²) >= 11 is 3.39. The summed E-state index contributed by atoms with van der Waals surface area (Å²) in [6, 6.07) is 7.58. The lowest BCUT2D eigenvalue weighted by Gasteiger charge is -2.14. The number of ether oxygens (including phenoxy) is 1. The van der Waals surface area contributed by atoms with E-state index in [1.165, 1.54) is 6.92 Å². The van der Waals surface area contributed by atoms with Gasteiger partial charge in [-0.15, -0.1) is 0 Å². The van der Waals surface area contributed by atoms with Crippen LogP contribution in [0.2, 0.25) is 0 Å². The van der Waals surface area contributed by atoms with E-state index >= 15 is 0 Å². The van der Waals surface area contributed by atoms with Gasteiger partial charge in [-0.05, 0) is 12.1 Å². The van der Waals surface area contributed by atoms with Crippen molar-refractivity contribution in [3.05, 3.63) is 47.0 Å². The predicted molar refractivity (Wildman–Crippen MR) is 58.8 cm³/mol. The summed E-state index contributed by atoms with van der Waals surface area (Å²) in [5, 5.41) is 0. The summed E-state index contributed by atoms with van der Waals surface area (Å²) < 4.78 is 5.99. The molecule has 14 heavy (non-hydrogen) atoms. The summed E-state index contributed by atoms with van der Waals surface area (Å²) in [4.78, 5) is 10.8. The van der Waals surface area contributed by atoms with Crippen LogP contribution in [0, 0.1) is 0 Å². The molecule has 0 aliphatic heterocycles. The number of hydrogen-bond acceptors (Lipinski definition) is 2. The molecule has 0 spiro atoms. The van der Waals surface area contributed by atoms with Crippen molar-refractivity contribution in [2.45, 2.75) is 13.0 Å². The van der Waals surface area contributed by atoms with Crippen LogP contribution in [-0.2, 0) is 9.53 Å². The normalized spacial score (nSPS) is 11.9. The van der Waals surface area contributed by atoms with Crippen LogP contribution in [0.1, 0.15) is 18.6 Å². The van der Waals surface area contributed by atoms with Crippen molar-refractivity contribution in [1.29, 1.82) is 0 Å². The van der Waals surface area contributed by atoms with Crippen LogP contribution in [0.4, 0.5) is 0 Å². The molecule has 3 heteroatoms. The molecule has 0 aliphatic rings. The van der Waals surface area contributed by atoms with E-state index in [9.17, 15) is 4.79 Å². The second kappa shape index (κ2) is 4.96. The van der Waals surface area contributed by atoms with Gasteiger partial charge in [0.2, 0.25) is 0 Å². The van der Waals surface area contributed by atoms with Crippen LogP contribution in [0.25, 0.3) is 0 Å². The Hall–Kier alpha value is -1.09. The highest BCUT2D eigenvalue weighted by Crippen LogP contribution is 2.26. The predicted octanol–water partition coefficient (Wildman–Crippen LogP) is 3.24. The quantitative estimate of drug-likeness (QED) is 0.612. The maximum Gasteiger partial charge on any atom is 0.303 e. The molecule has 0 N–H and O–H groups in total. The molecule has 74 valence electrons. The summed E-state index contributed by atoms with van der Waals surface area (Å²) in [6.07, 6.45) is 1.21. The summed E-state index contributed by atoms with van der Waals surface area (Å²) in [5.41, 5.74) is 0.901. The van der Waals surface area contributed by atoms with E-state index in [0.29, 0.717) is 0 Å². The summed E-state index contributed by atoms with van der Waals surface area (Å²) in [5.74, 6) is -0.314. The van der Waals surface area contributed by atoms with Gasteiger partial charge in [0.05, 0.1) is 0 Å². The highest BCUT2D eigenvalue weighted by molar-refractivity contribution is 9.10. The van der Waals surface area contributed by atoms with Gasteiger partial charge < -0.3 is 4.74 Å². The van der Waals surface area contributed by atoms with Gasteiger partial charge in [0, 0.05) is 17.0 Å². The van der Waals surface area contributed by atoms with Crippen molar-refractivity contribution >= 4 is 21.9 Å². The zero-order valence-electron chi connectivity index (χ0n) is 7.87. The molecular formula is C11H11BrO2. The standard InChI is InChI=1S/C11H11BrO2/c1-3-11(14-8(2)13)9-6-4-5-7-10(9)12/h3-7,11H,1H2,2H3. The van der Waals surface area contributed by atoms with E-state index in [0.717, 1.165) is 10.0 Å². The van der Waals surface area contributed by atoms with Gasteiger partial charge in [-0.1, -0.05) is 40.7 Å². The Morgan fingerprint density at radius 2 is 2.21 bits per heavy atom. The van der Waals surface area contributed by atoms with E-state index in [2.05, 4.69) is 22.5 Å². The van der Waals surface area contributed by atoms with Crippen molar-refractivity contribution in [1.82, 2.24) is 0 Å². The van der Waals surface area contributed by atoms with Crippen molar-refractivity contribution in [2.24, 2.45) is 0 Å². The molecule has 0 amide bonds. The summed E-state index contributed by atoms with van der Waals surface area (Å²) in [6.45, 7) is 5.02. The molecule has 0 radical (unpaired) electrons. The topological polar surface area (TPSA) is 26.3 Å². The smallest absolute Gasteiger partial charge is 0.303 e. The van der Waals surface area contributed by atoms with Crippen LogP contribution in [-0.4, -0.2) is 5.97 Å². The molecule has 0 aliphatic carbocycles. The maximum absolute atomic E-state index is 10.8. The number of carbonyl (C=O) groups excluding carboxylic acids is 1. The van der Waals surface area contributed by atoms with Crippen LogP contribution in [0.5, 0.6) is 0 Å². The minimum Gasteiger partial charge on any atom is -0.453 e. The largest absolute Gasteiger partial charge is 0.453 e. The molecule has 1 aromatic rings. The molecule has 1 unspecified atom stereocenters. The van der Waals surface area contributed by atoms with E-state index in [4.69, 9.17) is 4.74 Å². The molecule has 0 aromatic heterocycles. The third-order valence-corrected chi connectivity index (χ3v) is 2.44. The molecule has 0 heterocycles. The first-order valence-corrected chi connectivity index (χ1v) is 4.98. The first-order chi connectivity index (χ1) is 6.65. The number of benzene rings is 1. The third-order valence-electron chi connectivity index (χ3n) is 1.72. The number of carbonyl (C=O) groups is 1. The van der Waals surface area contributed by atoms with Crippen LogP contribution in [0.3, 0.4) is 0 Å². The molecule has 0 fully saturated rings. The molecule has 0 bridgehead atoms. The molecule has 0 saturated heterocycles. The highest BCUT2D eigenvalue weighted by atomic mass is 79.9. The Labute approximate surface area is 91.7 Å². The zero-order chi connectivity index (χ0) is 10.6. The SMILES string of the molecule is C=CC(OC(C)=O)c1ccccc1Br. The lowest BCUT2D eigenvalue weighted by molar-refractivity contribution is -0.144. The first-order valence-electron chi connectivity index (χ1n) is 4.19. The number of esters is 1. The second-order valence-electron chi connectivity index (χ2n) is 2.79. The van der Waals surface area contributed by atoms with Crippen molar-refractivity contribution in [2.75, 3.05) is 0 Å². The van der Waals surface area contributed by atoms with Gasteiger partial charge in [0.15, 0.2) is 0 Å². The average Bonchev–Trinajstić information content (AvgIpc) is 2.15. The van der Waals surface area contributed by atoms with E-state index in [1.807, 2.05) is 24.3 Å². The lowest BCUT2D eigenvalue weighted by Crippen LogP contribution is -2.06. The van der Waals surface area contributed by atoms with Gasteiger partial charge >= 0.3 is 5.97 Å². The van der Waals surface area contributed by atoms with Crippen molar-refractivity contribution in [3.63, 3.8) is 0 Å². The average molecular weight is 255 g/mol. The monoisotopic (exact) mass is 254 g/mol. The van der Waals surface area contributed by atoms with Gasteiger partial charge in [-0.2, -0.15) is 0 Å². The molecule has 1 rings (SSSR count). The fraction of sp³-hybridized carbons (Fsp3) is 0.182. The molecular weight excluding hydrogens is 244 g/mol. The van der Waals surface area contributed by atoms with Crippen molar-refractivity contribution in [3.8, 4) is 0 Å². The van der Waals surface area contributed by atoms with Gasteiger partial charge in [-0.3, -0.25) is 4.79 Å². The number of hydrogen-bond donors (Lipinski definition) is 0. The van der Waals surface area contributed by atoms with Gasteiger partial charge in [-0.25, -0.2) is 0 Å². The fourth-order valence-electron chi connectivity index (χ4n) is 1.12. The Kier molecular flexibility index (Phi) is 3.89. The lowest BCUT2D eigenvalue weighted by atomic mass is 10.1. The summed E-state index contributed by atoms with van der Waals surface area (Å²) in [7, 11) is 0. The molecule has 2 nitrogen and oxygen atoms in total. The zero-order valence-corrected chi connectivity index (χ0v) is 9.45. The van der Waals surface area contributed by atoms with Crippen LogP contribution < -0.4 is 0 Å². The van der Waals surface area contributed by atoms with Crippen molar-refractivity contribution < 1.29 is 9.53 Å². The Bertz CT molecular complexity index is 347. The first kappa shape index (κ1) is 11.0. The van der Waals surface area contributed by atoms with Gasteiger partial charge in [0.25, 0.3) is 0 Å². The Morgan fingerprint density at radius 1 is 1.57 bits per heavy atom. The number of halogens is 1. The van der Waals surface area contributed by atoms with E-state index in [-0.39, 0.29) is 12.1 Å². The highest BCUT2D eigenvalue weighted by Gasteiger charge is 2.12. The molecule has 1 atom stereocenters. The van der Waals surface area contributed by atoms with Gasteiger partial charge in [0.1, 0.15) is 6.10 Å². The van der Waals surface area contributed by atoms with E-state index in [1.54, 1.807) is 6.08 Å². The minimum atomic E-state index is -0.386. The van der Waals surface area contributed by atoms with E-state index < -0.39 is 0 Å². The Balaban J connectivity index is 2.94. The molecule has 0 saturated carbocycles. The number of rotatable bonds is 3. The maximum atomic E-state index is 10.8. The van der Waals surface area contributed by atoms with Crippen LogP contribution >= 0.6 is 15.9 Å². The minimum absolute atomic E-state index is 0.314. The van der Waals surface area contributed by atoms with Crippen LogP contribution in [0.15, 0.2) is 41.4 Å². The Morgan fingerprint density at radius 3 is 2.71 bits per heavy atom. The molecule has 1 aromatic carbocycles. The third kappa shape index (κ3) is 2.70. The fourth-order valence-corrected chi connectivity index (χ4v) is 1.63. The second-order valence-corrected chi connectivity index (χ2v) is 3.64.